The van der Waals surface area contributed by atoms with Crippen LogP contribution in [0.1, 0.15) is 104 Å². The Balaban J connectivity index is 0.000000280. The van der Waals surface area contributed by atoms with E-state index in [1.54, 1.807) is 6.29 Å². The molecule has 2 saturated carbocycles. The summed E-state index contributed by atoms with van der Waals surface area (Å²) in [5.41, 5.74) is 6.47. The Kier molecular flexibility index (Phi) is 23.3. The van der Waals surface area contributed by atoms with E-state index in [2.05, 4.69) is 128 Å². The van der Waals surface area contributed by atoms with Crippen molar-refractivity contribution in [3.63, 3.8) is 0 Å². The number of hydrogen-bond acceptors (Lipinski definition) is 2. The summed E-state index contributed by atoms with van der Waals surface area (Å²) < 4.78 is 4.94. The van der Waals surface area contributed by atoms with Crippen molar-refractivity contribution < 1.29 is 35.7 Å². The number of allylic oxidation sites excluding steroid dienone is 2. The van der Waals surface area contributed by atoms with Gasteiger partial charge in [0.1, 0.15) is 6.15 Å². The first-order valence-corrected chi connectivity index (χ1v) is 18.7. The van der Waals surface area contributed by atoms with Crippen LogP contribution in [0.25, 0.3) is 0 Å². The van der Waals surface area contributed by atoms with Gasteiger partial charge in [0.2, 0.25) is 0 Å². The summed E-state index contributed by atoms with van der Waals surface area (Å²) in [6.07, 6.45) is 21.7. The minimum atomic E-state index is -1.22. The first kappa shape index (κ1) is 42.4. The van der Waals surface area contributed by atoms with Crippen LogP contribution in [0.2, 0.25) is 0 Å². The van der Waals surface area contributed by atoms with Gasteiger partial charge in [-0.25, -0.2) is 5.57 Å². The van der Waals surface area contributed by atoms with Crippen LogP contribution < -0.4 is 21.9 Å². The molecule has 4 aromatic carbocycles. The van der Waals surface area contributed by atoms with Gasteiger partial charge < -0.3 is 9.53 Å². The molecule has 7 rings (SSSR count). The minimum absolute atomic E-state index is 0. The van der Waals surface area contributed by atoms with Gasteiger partial charge >= 0.3 is 26.2 Å². The molecule has 1 aliphatic heterocycles. The third-order valence-corrected chi connectivity index (χ3v) is 9.48. The molecule has 0 radical (unpaired) electrons. The van der Waals surface area contributed by atoms with Gasteiger partial charge in [0.05, 0.1) is 0 Å². The molecule has 258 valence electrons. The standard InChI is InChI=1S/C24H20B.C7H11O.2C5H10.C4H8O.Zr/c1-5-13-21(14-6-1)25(22-15-7-2-8-16-22,23-17-9-3-10-18-23)24-19-11-4-12-20-24;1-3-4-7(2)5-6-8;3*1-2-4-5-3-1;/h1-20H;5H,3-4H2,1-2H3;2*1-5H2;1-4H2;/q2*-1;;;;+2/b;7-5+;;;;. The van der Waals surface area contributed by atoms with Crippen molar-refractivity contribution >= 4 is 34.3 Å². The Morgan fingerprint density at radius 1 is 0.551 bits per heavy atom. The van der Waals surface area contributed by atoms with Crippen LogP contribution in [0.4, 0.5) is 0 Å². The predicted octanol–water partition coefficient (Wildman–Crippen LogP) is 9.60. The Morgan fingerprint density at radius 3 is 1.04 bits per heavy atom. The van der Waals surface area contributed by atoms with Crippen LogP contribution in [0, 0.1) is 0 Å². The maximum atomic E-state index is 9.69. The fourth-order valence-corrected chi connectivity index (χ4v) is 6.97. The Hall–Kier alpha value is -2.80. The second kappa shape index (κ2) is 27.0. The van der Waals surface area contributed by atoms with Crippen molar-refractivity contribution in [1.29, 1.82) is 0 Å². The van der Waals surface area contributed by atoms with Crippen molar-refractivity contribution in [2.45, 2.75) is 104 Å². The first-order chi connectivity index (χ1) is 23.7. The largest absolute Gasteiger partial charge is 2.00 e. The summed E-state index contributed by atoms with van der Waals surface area (Å²) in [7, 11) is 0. The van der Waals surface area contributed by atoms with Crippen molar-refractivity contribution in [3.05, 3.63) is 133 Å². The average Bonchev–Trinajstić information content (AvgIpc) is 3.99. The SMILES string of the molecule is C1CCCC1.C1CCCC1.C1CCOC1.CCC/C(C)=C/[C-]=O.[Zr+2].c1ccc([B-](c2ccccc2)(c2ccccc2)c2ccccc2)cc1. The first-order valence-electron chi connectivity index (χ1n) is 18.7. The quantitative estimate of drug-likeness (QED) is 0.108. The second-order valence-corrected chi connectivity index (χ2v) is 13.2. The number of hydrogen-bond donors (Lipinski definition) is 0. The molecule has 0 aromatic heterocycles. The maximum Gasteiger partial charge on any atom is 2.00 e. The maximum absolute atomic E-state index is 9.69. The van der Waals surface area contributed by atoms with Crippen LogP contribution >= 0.6 is 0 Å². The number of rotatable bonds is 7. The molecular weight excluding hydrogens is 675 g/mol. The number of carbonyl (C=O) groups excluding carboxylic acids is 1. The summed E-state index contributed by atoms with van der Waals surface area (Å²) in [5, 5.41) is 0. The average molecular weight is 734 g/mol. The van der Waals surface area contributed by atoms with Crippen molar-refractivity contribution in [2.24, 2.45) is 0 Å². The molecule has 1 saturated heterocycles. The van der Waals surface area contributed by atoms with Gasteiger partial charge in [0.15, 0.2) is 0 Å². The van der Waals surface area contributed by atoms with E-state index in [1.807, 2.05) is 6.92 Å². The molecule has 3 fully saturated rings. The molecule has 2 aliphatic carbocycles. The van der Waals surface area contributed by atoms with Gasteiger partial charge in [-0.05, 0) is 19.1 Å². The second-order valence-electron chi connectivity index (χ2n) is 13.2. The summed E-state index contributed by atoms with van der Waals surface area (Å²) in [5.74, 6) is 0. The molecule has 0 spiro atoms. The van der Waals surface area contributed by atoms with E-state index < -0.39 is 6.15 Å². The molecule has 1 heterocycles. The van der Waals surface area contributed by atoms with E-state index in [4.69, 9.17) is 4.74 Å². The van der Waals surface area contributed by atoms with E-state index in [1.165, 1.54) is 105 Å². The molecule has 2 nitrogen and oxygen atoms in total. The molecule has 49 heavy (non-hydrogen) atoms. The van der Waals surface area contributed by atoms with Crippen molar-refractivity contribution in [2.75, 3.05) is 13.2 Å². The molecule has 4 heteroatoms. The minimum Gasteiger partial charge on any atom is -0.419 e. The van der Waals surface area contributed by atoms with Gasteiger partial charge in [0, 0.05) is 13.2 Å². The molecule has 0 N–H and O–H groups in total. The fraction of sp³-hybridized carbons (Fsp3) is 0.400. The summed E-state index contributed by atoms with van der Waals surface area (Å²) in [4.78, 5) is 9.69. The Labute approximate surface area is 318 Å². The molecule has 0 amide bonds. The van der Waals surface area contributed by atoms with Gasteiger partial charge in [-0.2, -0.15) is 27.9 Å². The monoisotopic (exact) mass is 732 g/mol. The summed E-state index contributed by atoms with van der Waals surface area (Å²) >= 11 is 0. The smallest absolute Gasteiger partial charge is 0.419 e. The van der Waals surface area contributed by atoms with Crippen LogP contribution in [-0.4, -0.2) is 25.6 Å². The normalized spacial score (nSPS) is 14.9. The van der Waals surface area contributed by atoms with Crippen LogP contribution in [0.5, 0.6) is 0 Å². The fourth-order valence-electron chi connectivity index (χ4n) is 6.97. The zero-order chi connectivity index (χ0) is 34.0. The van der Waals surface area contributed by atoms with Crippen molar-refractivity contribution in [1.82, 2.24) is 0 Å². The van der Waals surface area contributed by atoms with Gasteiger partial charge in [0.25, 0.3) is 0 Å². The zero-order valence-corrected chi connectivity index (χ0v) is 32.8. The van der Waals surface area contributed by atoms with Crippen LogP contribution in [0.3, 0.4) is 0 Å². The molecule has 0 atom stereocenters. The third-order valence-electron chi connectivity index (χ3n) is 9.48. The van der Waals surface area contributed by atoms with Crippen molar-refractivity contribution in [3.8, 4) is 0 Å². The summed E-state index contributed by atoms with van der Waals surface area (Å²) in [6, 6.07) is 43.5. The predicted molar refractivity (Wildman–Crippen MR) is 211 cm³/mol. The van der Waals surface area contributed by atoms with E-state index >= 15 is 0 Å². The topological polar surface area (TPSA) is 26.3 Å². The third kappa shape index (κ3) is 15.3. The Morgan fingerprint density at radius 2 is 0.837 bits per heavy atom. The van der Waals surface area contributed by atoms with E-state index in [9.17, 15) is 4.79 Å². The molecule has 4 aromatic rings. The van der Waals surface area contributed by atoms with Gasteiger partial charge in [-0.1, -0.05) is 205 Å². The van der Waals surface area contributed by atoms with Crippen LogP contribution in [-0.2, 0) is 35.7 Å². The number of benzene rings is 4. The number of ether oxygens (including phenoxy) is 1. The van der Waals surface area contributed by atoms with E-state index in [-0.39, 0.29) is 26.2 Å². The summed E-state index contributed by atoms with van der Waals surface area (Å²) in [6.45, 7) is 6.02. The Bertz CT molecular complexity index is 1150. The molecule has 0 bridgehead atoms. The molecular formula is C45H59BO2Zr. The van der Waals surface area contributed by atoms with Gasteiger partial charge in [-0.3, -0.25) is 0 Å². The van der Waals surface area contributed by atoms with E-state index in [0.29, 0.717) is 0 Å². The zero-order valence-electron chi connectivity index (χ0n) is 30.3. The van der Waals surface area contributed by atoms with E-state index in [0.717, 1.165) is 31.6 Å². The van der Waals surface area contributed by atoms with Gasteiger partial charge in [-0.15, -0.1) is 6.92 Å². The van der Waals surface area contributed by atoms with Crippen LogP contribution in [0.15, 0.2) is 133 Å². The molecule has 3 aliphatic rings. The molecule has 0 unspecified atom stereocenters.